The summed E-state index contributed by atoms with van der Waals surface area (Å²) in [6.45, 7) is 1.89. The zero-order valence-electron chi connectivity index (χ0n) is 12.7. The lowest BCUT2D eigenvalue weighted by molar-refractivity contribution is -0.123. The Labute approximate surface area is 133 Å². The van der Waals surface area contributed by atoms with E-state index in [1.165, 1.54) is 11.0 Å². The lowest BCUT2D eigenvalue weighted by atomic mass is 9.85. The largest absolute Gasteiger partial charge is 0.478 e. The van der Waals surface area contributed by atoms with Gasteiger partial charge in [0.05, 0.1) is 23.1 Å². The molecule has 1 heterocycles. The normalized spacial score (nSPS) is 31.1. The van der Waals surface area contributed by atoms with E-state index in [4.69, 9.17) is 5.11 Å². The number of carbonyl (C=O) groups is 3. The number of imide groups is 1. The Bertz CT molecular complexity index is 736. The highest BCUT2D eigenvalue weighted by molar-refractivity contribution is 6.23. The fourth-order valence-electron chi connectivity index (χ4n) is 4.36. The standard InChI is InChI=1S/C18H17NO4/c1-2-9-7-12(18(22)23)5-6-13(9)19-16(20)14-10-3-4-11(8-10)15(14)17(19)21/h3-7,10-11,14-15H,2,8H2,1H3,(H,22,23)/t10-,11+,14-,15+. The van der Waals surface area contributed by atoms with Crippen molar-refractivity contribution in [2.24, 2.45) is 23.7 Å². The number of nitrogens with zero attached hydrogens (tertiary/aromatic N) is 1. The maximum Gasteiger partial charge on any atom is 0.335 e. The molecule has 4 rings (SSSR count). The summed E-state index contributed by atoms with van der Waals surface area (Å²) in [7, 11) is 0. The van der Waals surface area contributed by atoms with Gasteiger partial charge < -0.3 is 5.11 Å². The fraction of sp³-hybridized carbons (Fsp3) is 0.389. The van der Waals surface area contributed by atoms with Crippen LogP contribution in [0.1, 0.15) is 29.3 Å². The third-order valence-electron chi connectivity index (χ3n) is 5.42. The molecule has 118 valence electrons. The maximum atomic E-state index is 12.8. The molecule has 1 N–H and O–H groups in total. The van der Waals surface area contributed by atoms with Crippen molar-refractivity contribution in [2.45, 2.75) is 19.8 Å². The van der Waals surface area contributed by atoms with E-state index in [0.29, 0.717) is 17.7 Å². The summed E-state index contributed by atoms with van der Waals surface area (Å²) in [6.07, 6.45) is 5.59. The molecule has 5 nitrogen and oxygen atoms in total. The monoisotopic (exact) mass is 311 g/mol. The third kappa shape index (κ3) is 1.82. The Morgan fingerprint density at radius 3 is 2.30 bits per heavy atom. The highest BCUT2D eigenvalue weighted by atomic mass is 16.4. The summed E-state index contributed by atoms with van der Waals surface area (Å²) in [5.41, 5.74) is 1.43. The van der Waals surface area contributed by atoms with Crippen molar-refractivity contribution in [1.29, 1.82) is 0 Å². The quantitative estimate of drug-likeness (QED) is 0.686. The van der Waals surface area contributed by atoms with Gasteiger partial charge in [-0.15, -0.1) is 0 Å². The molecule has 2 fully saturated rings. The number of rotatable bonds is 3. The number of allylic oxidation sites excluding steroid dienone is 2. The summed E-state index contributed by atoms with van der Waals surface area (Å²) >= 11 is 0. The number of carboxylic acids is 1. The number of fused-ring (bicyclic) bond motifs is 5. The highest BCUT2D eigenvalue weighted by Gasteiger charge is 2.59. The molecule has 1 saturated heterocycles. The van der Waals surface area contributed by atoms with E-state index < -0.39 is 5.97 Å². The first-order chi connectivity index (χ1) is 11.0. The first kappa shape index (κ1) is 14.2. The zero-order chi connectivity index (χ0) is 16.3. The molecule has 1 saturated carbocycles. The van der Waals surface area contributed by atoms with Crippen LogP contribution in [0.2, 0.25) is 0 Å². The van der Waals surface area contributed by atoms with Crippen molar-refractivity contribution in [3.63, 3.8) is 0 Å². The van der Waals surface area contributed by atoms with E-state index in [2.05, 4.69) is 12.2 Å². The molecule has 0 radical (unpaired) electrons. The second-order valence-corrected chi connectivity index (χ2v) is 6.51. The summed E-state index contributed by atoms with van der Waals surface area (Å²) in [6, 6.07) is 4.60. The van der Waals surface area contributed by atoms with Crippen LogP contribution in [-0.4, -0.2) is 22.9 Å². The SMILES string of the molecule is CCc1cc(C(=O)O)ccc1N1C(=O)[C@@H]2[C@H](C1=O)[C@@H]1C=C[C@H]2C1. The Balaban J connectivity index is 1.76. The van der Waals surface area contributed by atoms with Crippen LogP contribution in [0.15, 0.2) is 30.4 Å². The van der Waals surface area contributed by atoms with E-state index >= 15 is 0 Å². The van der Waals surface area contributed by atoms with E-state index in [1.807, 2.05) is 6.92 Å². The molecule has 3 aliphatic rings. The topological polar surface area (TPSA) is 74.7 Å². The maximum absolute atomic E-state index is 12.8. The molecule has 0 spiro atoms. The van der Waals surface area contributed by atoms with Crippen LogP contribution in [0.3, 0.4) is 0 Å². The van der Waals surface area contributed by atoms with Gasteiger partial charge in [0.25, 0.3) is 0 Å². The number of benzene rings is 1. The minimum Gasteiger partial charge on any atom is -0.478 e. The van der Waals surface area contributed by atoms with Crippen LogP contribution < -0.4 is 4.90 Å². The molecule has 0 aromatic heterocycles. The summed E-state index contributed by atoms with van der Waals surface area (Å²) in [5, 5.41) is 9.12. The molecule has 2 amide bonds. The highest BCUT2D eigenvalue weighted by Crippen LogP contribution is 2.53. The van der Waals surface area contributed by atoms with E-state index in [9.17, 15) is 14.4 Å². The van der Waals surface area contributed by atoms with Crippen LogP contribution in [0, 0.1) is 23.7 Å². The number of carbonyl (C=O) groups excluding carboxylic acids is 2. The second-order valence-electron chi connectivity index (χ2n) is 6.51. The van der Waals surface area contributed by atoms with Crippen molar-refractivity contribution < 1.29 is 19.5 Å². The average molecular weight is 311 g/mol. The van der Waals surface area contributed by atoms with E-state index in [1.54, 1.807) is 12.1 Å². The number of carboxylic acid groups (broad SMARTS) is 1. The van der Waals surface area contributed by atoms with Crippen molar-refractivity contribution in [1.82, 2.24) is 0 Å². The molecule has 1 aromatic carbocycles. The first-order valence-electron chi connectivity index (χ1n) is 7.95. The van der Waals surface area contributed by atoms with Crippen LogP contribution in [0.5, 0.6) is 0 Å². The molecular formula is C18H17NO4. The number of aryl methyl sites for hydroxylation is 1. The van der Waals surface area contributed by atoms with Gasteiger partial charge >= 0.3 is 5.97 Å². The van der Waals surface area contributed by atoms with Crippen molar-refractivity contribution in [3.8, 4) is 0 Å². The number of amides is 2. The number of hydrogen-bond acceptors (Lipinski definition) is 3. The van der Waals surface area contributed by atoms with Gasteiger partial charge in [-0.1, -0.05) is 19.1 Å². The Hall–Kier alpha value is -2.43. The fourth-order valence-corrected chi connectivity index (χ4v) is 4.36. The first-order valence-corrected chi connectivity index (χ1v) is 7.95. The molecule has 23 heavy (non-hydrogen) atoms. The van der Waals surface area contributed by atoms with Gasteiger partial charge in [0, 0.05) is 0 Å². The lowest BCUT2D eigenvalue weighted by Gasteiger charge is -2.20. The molecule has 0 unspecified atom stereocenters. The van der Waals surface area contributed by atoms with Crippen molar-refractivity contribution >= 4 is 23.5 Å². The van der Waals surface area contributed by atoms with Crippen LogP contribution in [0.25, 0.3) is 0 Å². The van der Waals surface area contributed by atoms with Gasteiger partial charge in [0.2, 0.25) is 11.8 Å². The molecule has 5 heteroatoms. The third-order valence-corrected chi connectivity index (χ3v) is 5.42. The van der Waals surface area contributed by atoms with Crippen molar-refractivity contribution in [2.75, 3.05) is 4.90 Å². The van der Waals surface area contributed by atoms with Gasteiger partial charge in [-0.05, 0) is 48.4 Å². The predicted octanol–water partition coefficient (Wildman–Crippen LogP) is 2.26. The van der Waals surface area contributed by atoms with Crippen LogP contribution in [-0.2, 0) is 16.0 Å². The summed E-state index contributed by atoms with van der Waals surface area (Å²) < 4.78 is 0. The zero-order valence-corrected chi connectivity index (χ0v) is 12.7. The second kappa shape index (κ2) is 4.78. The molecule has 1 aliphatic heterocycles. The predicted molar refractivity (Wildman–Crippen MR) is 83.0 cm³/mol. The number of aromatic carboxylic acids is 1. The van der Waals surface area contributed by atoms with Crippen molar-refractivity contribution in [3.05, 3.63) is 41.5 Å². The minimum atomic E-state index is -1.01. The molecule has 4 atom stereocenters. The average Bonchev–Trinajstić information content (AvgIpc) is 3.21. The number of anilines is 1. The Morgan fingerprint density at radius 1 is 1.17 bits per heavy atom. The number of hydrogen-bond donors (Lipinski definition) is 1. The van der Waals surface area contributed by atoms with E-state index in [-0.39, 0.29) is 41.0 Å². The summed E-state index contributed by atoms with van der Waals surface area (Å²) in [4.78, 5) is 38.1. The Morgan fingerprint density at radius 2 is 1.78 bits per heavy atom. The van der Waals surface area contributed by atoms with Gasteiger partial charge in [0.1, 0.15) is 0 Å². The molecule has 1 aromatic rings. The smallest absolute Gasteiger partial charge is 0.335 e. The van der Waals surface area contributed by atoms with Gasteiger partial charge in [-0.25, -0.2) is 9.69 Å². The lowest BCUT2D eigenvalue weighted by Crippen LogP contribution is -2.33. The minimum absolute atomic E-state index is 0.130. The Kier molecular flexibility index (Phi) is 2.95. The van der Waals surface area contributed by atoms with Crippen LogP contribution >= 0.6 is 0 Å². The van der Waals surface area contributed by atoms with Gasteiger partial charge in [0.15, 0.2) is 0 Å². The van der Waals surface area contributed by atoms with Gasteiger partial charge in [-0.3, -0.25) is 9.59 Å². The van der Waals surface area contributed by atoms with Gasteiger partial charge in [-0.2, -0.15) is 0 Å². The molecule has 2 bridgehead atoms. The molecule has 2 aliphatic carbocycles. The van der Waals surface area contributed by atoms with E-state index in [0.717, 1.165) is 6.42 Å². The molecular weight excluding hydrogens is 294 g/mol. The summed E-state index contributed by atoms with van der Waals surface area (Å²) in [5.74, 6) is -1.39. The van der Waals surface area contributed by atoms with Crippen LogP contribution in [0.4, 0.5) is 5.69 Å².